The maximum Gasteiger partial charge on any atom is 0.362 e. The molecule has 2 unspecified atom stereocenters. The average Bonchev–Trinajstić information content (AvgIpc) is 3.23. The van der Waals surface area contributed by atoms with E-state index < -0.39 is 18.1 Å². The largest absolute Gasteiger partial charge is 0.477 e. The second kappa shape index (κ2) is 44.4. The van der Waals surface area contributed by atoms with Crippen molar-refractivity contribution in [2.75, 3.05) is 41.0 Å². The Labute approximate surface area is 381 Å². The number of nitrogens with zero attached hydrogens (tertiary/aromatic N) is 1. The molecule has 0 aromatic rings. The summed E-state index contributed by atoms with van der Waals surface area (Å²) in [7, 11) is 5.53. The Morgan fingerprint density at radius 1 is 0.484 bits per heavy atom. The zero-order valence-corrected chi connectivity index (χ0v) is 40.6. The van der Waals surface area contributed by atoms with Gasteiger partial charge in [0.15, 0.2) is 12.1 Å². The summed E-state index contributed by atoms with van der Waals surface area (Å²) in [6.45, 7) is 4.51. The van der Waals surface area contributed by atoms with Gasteiger partial charge in [0, 0.05) is 19.3 Å². The molecule has 0 spiro atoms. The molecule has 0 radical (unpaired) electrons. The minimum absolute atomic E-state index is 0.0546. The monoisotopic (exact) mass is 869 g/mol. The third-order valence-electron chi connectivity index (χ3n) is 10.9. The van der Waals surface area contributed by atoms with Gasteiger partial charge in [-0.1, -0.05) is 177 Å². The van der Waals surface area contributed by atoms with Gasteiger partial charge in [0.05, 0.1) is 34.4 Å². The SMILES string of the molecule is CC/C=C/C/C=C/C/C=C/CCCCCCCCCCCC(=O)OCC(COCCC(C(=O)O)[N+](C)(C)C)OC(=O)CCCCCCCCCCC/C=C/C/C=C/C/C=C/CC. The molecular formula is C54H94NO7+. The van der Waals surface area contributed by atoms with E-state index in [2.05, 4.69) is 86.8 Å². The molecule has 62 heavy (non-hydrogen) atoms. The van der Waals surface area contributed by atoms with Crippen molar-refractivity contribution >= 4 is 17.9 Å². The van der Waals surface area contributed by atoms with E-state index in [1.165, 1.54) is 77.0 Å². The molecule has 8 heteroatoms. The third kappa shape index (κ3) is 42.1. The van der Waals surface area contributed by atoms with Gasteiger partial charge in [-0.3, -0.25) is 9.59 Å². The number of ether oxygens (including phenoxy) is 3. The highest BCUT2D eigenvalue weighted by atomic mass is 16.6. The molecule has 0 aliphatic rings. The van der Waals surface area contributed by atoms with Gasteiger partial charge in [-0.2, -0.15) is 0 Å². The number of esters is 2. The fourth-order valence-corrected chi connectivity index (χ4v) is 7.06. The molecule has 0 aliphatic carbocycles. The van der Waals surface area contributed by atoms with Crippen LogP contribution >= 0.6 is 0 Å². The van der Waals surface area contributed by atoms with Crippen LogP contribution in [0.25, 0.3) is 0 Å². The smallest absolute Gasteiger partial charge is 0.362 e. The Morgan fingerprint density at radius 2 is 0.855 bits per heavy atom. The van der Waals surface area contributed by atoms with Crippen molar-refractivity contribution in [1.29, 1.82) is 0 Å². The lowest BCUT2D eigenvalue weighted by molar-refractivity contribution is -0.887. The molecule has 0 amide bonds. The maximum atomic E-state index is 12.8. The topological polar surface area (TPSA) is 99.1 Å². The molecule has 0 rings (SSSR count). The normalized spacial score (nSPS) is 13.5. The minimum atomic E-state index is -0.878. The number of allylic oxidation sites excluding steroid dienone is 12. The number of rotatable bonds is 44. The number of carbonyl (C=O) groups excluding carboxylic acids is 2. The van der Waals surface area contributed by atoms with Crippen LogP contribution in [0.5, 0.6) is 0 Å². The summed E-state index contributed by atoms with van der Waals surface area (Å²) in [5, 5.41) is 9.65. The lowest BCUT2D eigenvalue weighted by Crippen LogP contribution is -2.50. The minimum Gasteiger partial charge on any atom is -0.477 e. The Bertz CT molecular complexity index is 1240. The predicted molar refractivity (Wildman–Crippen MR) is 261 cm³/mol. The molecule has 1 N–H and O–H groups in total. The van der Waals surface area contributed by atoms with Gasteiger partial charge in [0.25, 0.3) is 0 Å². The number of quaternary nitrogens is 1. The van der Waals surface area contributed by atoms with Crippen LogP contribution in [-0.4, -0.2) is 80.6 Å². The first kappa shape index (κ1) is 58.8. The molecule has 356 valence electrons. The zero-order chi connectivity index (χ0) is 45.6. The van der Waals surface area contributed by atoms with Crippen molar-refractivity contribution in [3.63, 3.8) is 0 Å². The predicted octanol–water partition coefficient (Wildman–Crippen LogP) is 14.3. The van der Waals surface area contributed by atoms with Gasteiger partial charge in [-0.05, 0) is 77.0 Å². The fraction of sp³-hybridized carbons (Fsp3) is 0.722. The van der Waals surface area contributed by atoms with Crippen LogP contribution in [0, 0.1) is 0 Å². The van der Waals surface area contributed by atoms with E-state index in [4.69, 9.17) is 14.2 Å². The second-order valence-corrected chi connectivity index (χ2v) is 17.7. The average molecular weight is 869 g/mol. The number of carboxylic acid groups (broad SMARTS) is 1. The van der Waals surface area contributed by atoms with Gasteiger partial charge in [0.1, 0.15) is 6.61 Å². The fourth-order valence-electron chi connectivity index (χ4n) is 7.06. The summed E-state index contributed by atoms with van der Waals surface area (Å²) in [6.07, 6.45) is 56.6. The number of hydrogen-bond donors (Lipinski definition) is 1. The Hall–Kier alpha value is -3.23. The molecule has 0 aromatic carbocycles. The Balaban J connectivity index is 4.28. The highest BCUT2D eigenvalue weighted by Gasteiger charge is 2.31. The number of carboxylic acids is 1. The summed E-state index contributed by atoms with van der Waals surface area (Å²) in [6, 6.07) is -0.620. The van der Waals surface area contributed by atoms with E-state index in [0.717, 1.165) is 89.9 Å². The summed E-state index contributed by atoms with van der Waals surface area (Å²) >= 11 is 0. The molecule has 0 heterocycles. The van der Waals surface area contributed by atoms with Crippen LogP contribution in [0.3, 0.4) is 0 Å². The van der Waals surface area contributed by atoms with Crippen LogP contribution in [-0.2, 0) is 28.6 Å². The number of hydrogen-bond acceptors (Lipinski definition) is 6. The maximum absolute atomic E-state index is 12.8. The van der Waals surface area contributed by atoms with Gasteiger partial charge >= 0.3 is 17.9 Å². The van der Waals surface area contributed by atoms with Crippen LogP contribution < -0.4 is 0 Å². The van der Waals surface area contributed by atoms with Gasteiger partial charge in [-0.15, -0.1) is 0 Å². The van der Waals surface area contributed by atoms with Gasteiger partial charge in [-0.25, -0.2) is 4.79 Å². The number of carbonyl (C=O) groups is 3. The van der Waals surface area contributed by atoms with Crippen molar-refractivity contribution in [3.8, 4) is 0 Å². The van der Waals surface area contributed by atoms with Crippen molar-refractivity contribution in [2.24, 2.45) is 0 Å². The second-order valence-electron chi connectivity index (χ2n) is 17.7. The molecular weight excluding hydrogens is 775 g/mol. The van der Waals surface area contributed by atoms with E-state index in [0.29, 0.717) is 19.3 Å². The Morgan fingerprint density at radius 3 is 1.26 bits per heavy atom. The molecule has 2 atom stereocenters. The van der Waals surface area contributed by atoms with Crippen molar-refractivity contribution in [2.45, 2.75) is 212 Å². The molecule has 0 saturated carbocycles. The molecule has 0 fully saturated rings. The first-order valence-corrected chi connectivity index (χ1v) is 25.0. The van der Waals surface area contributed by atoms with Crippen LogP contribution in [0.15, 0.2) is 72.9 Å². The first-order valence-electron chi connectivity index (χ1n) is 25.0. The summed E-state index contributed by atoms with van der Waals surface area (Å²) < 4.78 is 17.3. The molecule has 0 bridgehead atoms. The Kier molecular flexibility index (Phi) is 42.1. The number of likely N-dealkylation sites (N-methyl/N-ethyl adjacent to an activating group) is 1. The zero-order valence-electron chi connectivity index (χ0n) is 40.6. The number of aliphatic carboxylic acids is 1. The highest BCUT2D eigenvalue weighted by molar-refractivity contribution is 5.72. The quantitative estimate of drug-likeness (QED) is 0.0282. The summed E-state index contributed by atoms with van der Waals surface area (Å²) in [5.74, 6) is -1.48. The van der Waals surface area contributed by atoms with E-state index in [-0.39, 0.29) is 36.2 Å². The van der Waals surface area contributed by atoms with Crippen LogP contribution in [0.4, 0.5) is 0 Å². The molecule has 0 saturated heterocycles. The lowest BCUT2D eigenvalue weighted by atomic mass is 10.1. The standard InChI is InChI=1S/C54H93NO7/c1-6-8-10-12-14-16-18-20-22-24-26-28-30-32-34-36-38-40-42-44-52(56)61-49-50(48-60-47-46-51(54(58)59)55(3,4)5)62-53(57)45-43-41-39-37-35-33-31-29-27-25-23-21-19-17-15-13-11-9-7-2/h8-11,14-17,20-23,50-51H,6-7,12-13,18-19,24-49H2,1-5H3/p+1/b10-8+,11-9+,16-14+,17-15+,22-20+,23-21+. The van der Waals surface area contributed by atoms with E-state index in [1.54, 1.807) is 0 Å². The van der Waals surface area contributed by atoms with Gasteiger partial charge in [0.2, 0.25) is 0 Å². The molecule has 0 aliphatic heterocycles. The lowest BCUT2D eigenvalue weighted by Gasteiger charge is -2.31. The van der Waals surface area contributed by atoms with Crippen molar-refractivity contribution in [3.05, 3.63) is 72.9 Å². The third-order valence-corrected chi connectivity index (χ3v) is 10.9. The van der Waals surface area contributed by atoms with E-state index >= 15 is 0 Å². The number of unbranched alkanes of at least 4 members (excludes halogenated alkanes) is 18. The van der Waals surface area contributed by atoms with Gasteiger partial charge < -0.3 is 23.8 Å². The van der Waals surface area contributed by atoms with Crippen LogP contribution in [0.2, 0.25) is 0 Å². The summed E-state index contributed by atoms with van der Waals surface area (Å²) in [4.78, 5) is 37.2. The summed E-state index contributed by atoms with van der Waals surface area (Å²) in [5.41, 5.74) is 0. The first-order chi connectivity index (χ1) is 30.1. The van der Waals surface area contributed by atoms with E-state index in [1.807, 2.05) is 21.1 Å². The molecule has 8 nitrogen and oxygen atoms in total. The highest BCUT2D eigenvalue weighted by Crippen LogP contribution is 2.15. The van der Waals surface area contributed by atoms with Crippen molar-refractivity contribution in [1.82, 2.24) is 0 Å². The molecule has 0 aromatic heterocycles. The van der Waals surface area contributed by atoms with E-state index in [9.17, 15) is 19.5 Å². The van der Waals surface area contributed by atoms with Crippen LogP contribution in [0.1, 0.15) is 200 Å². The van der Waals surface area contributed by atoms with Crippen molar-refractivity contribution < 1.29 is 38.2 Å².